The molecule has 0 radical (unpaired) electrons. The Labute approximate surface area is 111 Å². The van der Waals surface area contributed by atoms with Gasteiger partial charge in [0, 0.05) is 18.1 Å². The fourth-order valence-electron chi connectivity index (χ4n) is 1.25. The van der Waals surface area contributed by atoms with Gasteiger partial charge in [-0.25, -0.2) is 4.79 Å². The number of benzene rings is 1. The molecule has 0 saturated carbocycles. The van der Waals surface area contributed by atoms with Gasteiger partial charge in [-0.15, -0.1) is 0 Å². The number of urea groups is 1. The molecule has 0 aliphatic heterocycles. The molecule has 3 N–H and O–H groups in total. The molecule has 0 aliphatic rings. The summed E-state index contributed by atoms with van der Waals surface area (Å²) in [4.78, 5) is 11.4. The van der Waals surface area contributed by atoms with Gasteiger partial charge in [0.15, 0.2) is 0 Å². The highest BCUT2D eigenvalue weighted by molar-refractivity contribution is 6.30. The Morgan fingerprint density at radius 2 is 1.94 bits per heavy atom. The minimum atomic E-state index is -0.252. The highest BCUT2D eigenvalue weighted by Crippen LogP contribution is 2.08. The number of hydrogen-bond acceptors (Lipinski definition) is 3. The summed E-state index contributed by atoms with van der Waals surface area (Å²) in [6.07, 6.45) is 0. The molecule has 2 amide bonds. The van der Waals surface area contributed by atoms with Gasteiger partial charge in [0.2, 0.25) is 0 Å². The molecule has 5 nitrogen and oxygen atoms in total. The van der Waals surface area contributed by atoms with Crippen molar-refractivity contribution < 1.29 is 14.6 Å². The second kappa shape index (κ2) is 8.74. The van der Waals surface area contributed by atoms with Crippen LogP contribution >= 0.6 is 11.6 Å². The van der Waals surface area contributed by atoms with Crippen molar-refractivity contribution in [1.82, 2.24) is 10.6 Å². The van der Waals surface area contributed by atoms with E-state index in [1.807, 2.05) is 12.1 Å². The van der Waals surface area contributed by atoms with Crippen molar-refractivity contribution in [3.8, 4) is 0 Å². The van der Waals surface area contributed by atoms with E-state index < -0.39 is 0 Å². The molecule has 0 aromatic heterocycles. The van der Waals surface area contributed by atoms with Gasteiger partial charge in [-0.2, -0.15) is 0 Å². The number of hydrogen-bond donors (Lipinski definition) is 3. The topological polar surface area (TPSA) is 70.6 Å². The summed E-state index contributed by atoms with van der Waals surface area (Å²) >= 11 is 5.75. The maximum Gasteiger partial charge on any atom is 0.315 e. The molecule has 1 aromatic carbocycles. The maximum atomic E-state index is 11.4. The van der Waals surface area contributed by atoms with E-state index in [2.05, 4.69) is 10.6 Å². The fourth-order valence-corrected chi connectivity index (χ4v) is 1.38. The SMILES string of the molecule is O=C(NCCOCCO)NCc1ccc(Cl)cc1. The first-order valence-corrected chi connectivity index (χ1v) is 6.05. The van der Waals surface area contributed by atoms with Crippen molar-refractivity contribution in [3.05, 3.63) is 34.9 Å². The first-order valence-electron chi connectivity index (χ1n) is 5.67. The van der Waals surface area contributed by atoms with Crippen LogP contribution in [0, 0.1) is 0 Å². The average Bonchev–Trinajstić information content (AvgIpc) is 2.38. The molecule has 0 aliphatic carbocycles. The molecular formula is C12H17ClN2O3. The summed E-state index contributed by atoms with van der Waals surface area (Å²) in [5.74, 6) is 0. The molecule has 0 fully saturated rings. The van der Waals surface area contributed by atoms with Crippen molar-refractivity contribution >= 4 is 17.6 Å². The number of carbonyl (C=O) groups excluding carboxylic acids is 1. The zero-order valence-electron chi connectivity index (χ0n) is 9.99. The maximum absolute atomic E-state index is 11.4. The van der Waals surface area contributed by atoms with E-state index in [0.29, 0.717) is 24.7 Å². The van der Waals surface area contributed by atoms with Crippen molar-refractivity contribution in [2.24, 2.45) is 0 Å². The van der Waals surface area contributed by atoms with Crippen LogP contribution in [0.3, 0.4) is 0 Å². The van der Waals surface area contributed by atoms with Crippen LogP contribution in [0.2, 0.25) is 5.02 Å². The molecule has 1 aromatic rings. The molecule has 100 valence electrons. The molecule has 0 unspecified atom stereocenters. The minimum absolute atomic E-state index is 0.0111. The van der Waals surface area contributed by atoms with Gasteiger partial charge in [-0.05, 0) is 17.7 Å². The fraction of sp³-hybridized carbons (Fsp3) is 0.417. The molecule has 0 bridgehead atoms. The average molecular weight is 273 g/mol. The molecule has 1 rings (SSSR count). The van der Waals surface area contributed by atoms with Crippen LogP contribution in [-0.4, -0.2) is 37.5 Å². The lowest BCUT2D eigenvalue weighted by Crippen LogP contribution is -2.37. The molecule has 0 spiro atoms. The summed E-state index contributed by atoms with van der Waals surface area (Å²) in [5, 5.41) is 14.5. The lowest BCUT2D eigenvalue weighted by molar-refractivity contribution is 0.0947. The van der Waals surface area contributed by atoms with Gasteiger partial charge in [0.05, 0.1) is 19.8 Å². The molecule has 0 heterocycles. The van der Waals surface area contributed by atoms with Crippen molar-refractivity contribution in [3.63, 3.8) is 0 Å². The van der Waals surface area contributed by atoms with Gasteiger partial charge >= 0.3 is 6.03 Å². The minimum Gasteiger partial charge on any atom is -0.394 e. The number of halogens is 1. The number of aliphatic hydroxyl groups excluding tert-OH is 1. The van der Waals surface area contributed by atoms with Crippen molar-refractivity contribution in [2.45, 2.75) is 6.54 Å². The number of ether oxygens (including phenoxy) is 1. The first-order chi connectivity index (χ1) is 8.72. The number of carbonyl (C=O) groups is 1. The normalized spacial score (nSPS) is 10.1. The quantitative estimate of drug-likeness (QED) is 0.652. The molecule has 6 heteroatoms. The van der Waals surface area contributed by atoms with Crippen LogP contribution in [0.25, 0.3) is 0 Å². The van der Waals surface area contributed by atoms with E-state index in [9.17, 15) is 4.79 Å². The molecular weight excluding hydrogens is 256 g/mol. The summed E-state index contributed by atoms with van der Waals surface area (Å²) in [6, 6.07) is 7.01. The Balaban J connectivity index is 2.11. The van der Waals surface area contributed by atoms with E-state index in [-0.39, 0.29) is 19.2 Å². The van der Waals surface area contributed by atoms with Crippen molar-refractivity contribution in [1.29, 1.82) is 0 Å². The summed E-state index contributed by atoms with van der Waals surface area (Å²) < 4.78 is 5.00. The van der Waals surface area contributed by atoms with E-state index in [1.165, 1.54) is 0 Å². The van der Waals surface area contributed by atoms with E-state index in [4.69, 9.17) is 21.4 Å². The van der Waals surface area contributed by atoms with Gasteiger partial charge in [0.1, 0.15) is 0 Å². The third-order valence-electron chi connectivity index (χ3n) is 2.13. The zero-order valence-corrected chi connectivity index (χ0v) is 10.7. The smallest absolute Gasteiger partial charge is 0.315 e. The largest absolute Gasteiger partial charge is 0.394 e. The van der Waals surface area contributed by atoms with E-state index >= 15 is 0 Å². The monoisotopic (exact) mass is 272 g/mol. The number of amides is 2. The molecule has 18 heavy (non-hydrogen) atoms. The number of aliphatic hydroxyl groups is 1. The number of nitrogens with one attached hydrogen (secondary N) is 2. The predicted octanol–water partition coefficient (Wildman–Crippen LogP) is 1.15. The van der Waals surface area contributed by atoms with Gasteiger partial charge in [-0.1, -0.05) is 23.7 Å². The van der Waals surface area contributed by atoms with Crippen LogP contribution in [0.5, 0.6) is 0 Å². The van der Waals surface area contributed by atoms with Crippen LogP contribution in [0.4, 0.5) is 4.79 Å². The Kier molecular flexibility index (Phi) is 7.17. The zero-order chi connectivity index (χ0) is 13.2. The van der Waals surface area contributed by atoms with Crippen LogP contribution in [0.1, 0.15) is 5.56 Å². The van der Waals surface area contributed by atoms with Crippen LogP contribution < -0.4 is 10.6 Å². The molecule has 0 atom stereocenters. The van der Waals surface area contributed by atoms with Crippen molar-refractivity contribution in [2.75, 3.05) is 26.4 Å². The number of rotatable bonds is 7. The second-order valence-electron chi connectivity index (χ2n) is 3.57. The highest BCUT2D eigenvalue weighted by atomic mass is 35.5. The Hall–Kier alpha value is -1.30. The Morgan fingerprint density at radius 3 is 2.61 bits per heavy atom. The predicted molar refractivity (Wildman–Crippen MR) is 69.6 cm³/mol. The Bertz CT molecular complexity index is 357. The second-order valence-corrected chi connectivity index (χ2v) is 4.01. The van der Waals surface area contributed by atoms with Crippen LogP contribution in [0.15, 0.2) is 24.3 Å². The summed E-state index contributed by atoms with van der Waals surface area (Å²) in [6.45, 7) is 1.51. The van der Waals surface area contributed by atoms with Gasteiger partial charge < -0.3 is 20.5 Å². The standard InChI is InChI=1S/C12H17ClN2O3/c13-11-3-1-10(2-4-11)9-15-12(17)14-5-7-18-8-6-16/h1-4,16H,5-9H2,(H2,14,15,17). The first kappa shape index (κ1) is 14.8. The summed E-state index contributed by atoms with van der Waals surface area (Å²) in [5.41, 5.74) is 0.978. The van der Waals surface area contributed by atoms with Gasteiger partial charge in [-0.3, -0.25) is 0 Å². The molecule has 0 saturated heterocycles. The summed E-state index contributed by atoms with van der Waals surface area (Å²) in [7, 11) is 0. The van der Waals surface area contributed by atoms with E-state index in [1.54, 1.807) is 12.1 Å². The van der Waals surface area contributed by atoms with Gasteiger partial charge in [0.25, 0.3) is 0 Å². The Morgan fingerprint density at radius 1 is 1.22 bits per heavy atom. The lowest BCUT2D eigenvalue weighted by Gasteiger charge is -2.08. The highest BCUT2D eigenvalue weighted by Gasteiger charge is 1.99. The van der Waals surface area contributed by atoms with E-state index in [0.717, 1.165) is 5.56 Å². The third kappa shape index (κ3) is 6.44. The van der Waals surface area contributed by atoms with Crippen LogP contribution in [-0.2, 0) is 11.3 Å². The third-order valence-corrected chi connectivity index (χ3v) is 2.39. The lowest BCUT2D eigenvalue weighted by atomic mass is 10.2.